The standard InChI is InChI=1S/C16H13N8/c1-11-4-2-3-5-14(11)16-19-23-24(20-16)10-12-6-8-13(9-7-12)15-17-21-22-18-15/h2-9H,10H2,1H3/q-1. The lowest BCUT2D eigenvalue weighted by Gasteiger charge is -2.03. The smallest absolute Gasteiger partial charge is 0.205 e. The van der Waals surface area contributed by atoms with Gasteiger partial charge in [-0.3, -0.25) is 10.3 Å². The van der Waals surface area contributed by atoms with Gasteiger partial charge in [-0.2, -0.15) is 10.0 Å². The summed E-state index contributed by atoms with van der Waals surface area (Å²) in [6.07, 6.45) is 0. The maximum atomic E-state index is 4.46. The van der Waals surface area contributed by atoms with Gasteiger partial charge in [-0.25, -0.2) is 0 Å². The van der Waals surface area contributed by atoms with Gasteiger partial charge in [0.2, 0.25) is 5.82 Å². The minimum atomic E-state index is 0.516. The first-order valence-corrected chi connectivity index (χ1v) is 7.41. The second kappa shape index (κ2) is 5.99. The van der Waals surface area contributed by atoms with Gasteiger partial charge in [0.25, 0.3) is 0 Å². The van der Waals surface area contributed by atoms with Gasteiger partial charge in [0.05, 0.1) is 6.54 Å². The third-order valence-electron chi connectivity index (χ3n) is 3.69. The molecule has 24 heavy (non-hydrogen) atoms. The largest absolute Gasteiger partial charge is 0.330 e. The molecule has 0 saturated carbocycles. The topological polar surface area (TPSA) is 96.4 Å². The monoisotopic (exact) mass is 317 g/mol. The molecule has 0 saturated heterocycles. The number of rotatable bonds is 4. The van der Waals surface area contributed by atoms with Crippen LogP contribution in [-0.2, 0) is 6.54 Å². The van der Waals surface area contributed by atoms with Crippen molar-refractivity contribution in [1.29, 1.82) is 0 Å². The Morgan fingerprint density at radius 1 is 1.00 bits per heavy atom. The maximum Gasteiger partial charge on any atom is 0.205 e. The summed E-state index contributed by atoms with van der Waals surface area (Å²) < 4.78 is 0. The molecule has 0 aliphatic carbocycles. The summed E-state index contributed by atoms with van der Waals surface area (Å²) in [5.41, 5.74) is 4.04. The Balaban J connectivity index is 1.53. The van der Waals surface area contributed by atoms with E-state index in [-0.39, 0.29) is 0 Å². The molecule has 0 aliphatic heterocycles. The molecule has 4 aromatic rings. The van der Waals surface area contributed by atoms with Crippen molar-refractivity contribution >= 4 is 0 Å². The van der Waals surface area contributed by atoms with Crippen molar-refractivity contribution < 1.29 is 0 Å². The number of aromatic nitrogens is 8. The van der Waals surface area contributed by atoms with Crippen LogP contribution in [0.5, 0.6) is 0 Å². The summed E-state index contributed by atoms with van der Waals surface area (Å²) in [6.45, 7) is 2.57. The molecule has 0 radical (unpaired) electrons. The van der Waals surface area contributed by atoms with Crippen molar-refractivity contribution in [3.63, 3.8) is 0 Å². The quantitative estimate of drug-likeness (QED) is 0.562. The Morgan fingerprint density at radius 2 is 1.83 bits per heavy atom. The second-order valence-corrected chi connectivity index (χ2v) is 5.36. The Hall–Kier alpha value is -3.42. The van der Waals surface area contributed by atoms with E-state index in [1.807, 2.05) is 55.5 Å². The molecular weight excluding hydrogens is 304 g/mol. The van der Waals surface area contributed by atoms with E-state index in [1.165, 1.54) is 0 Å². The van der Waals surface area contributed by atoms with Gasteiger partial charge in [-0.05, 0) is 28.8 Å². The first kappa shape index (κ1) is 14.2. The molecule has 0 bridgehead atoms. The summed E-state index contributed by atoms with van der Waals surface area (Å²) in [5.74, 6) is 1.15. The molecule has 2 aromatic heterocycles. The minimum Gasteiger partial charge on any atom is -0.330 e. The lowest BCUT2D eigenvalue weighted by Crippen LogP contribution is -2.04. The number of hydrogen-bond acceptors (Lipinski definition) is 6. The predicted molar refractivity (Wildman–Crippen MR) is 85.7 cm³/mol. The van der Waals surface area contributed by atoms with Crippen molar-refractivity contribution in [2.24, 2.45) is 0 Å². The van der Waals surface area contributed by atoms with Gasteiger partial charge in [-0.15, -0.1) is 10.2 Å². The van der Waals surface area contributed by atoms with E-state index in [1.54, 1.807) is 4.80 Å². The average molecular weight is 317 g/mol. The zero-order valence-electron chi connectivity index (χ0n) is 12.9. The summed E-state index contributed by atoms with van der Waals surface area (Å²) in [5, 5.41) is 27.4. The van der Waals surface area contributed by atoms with Gasteiger partial charge < -0.3 is 5.10 Å². The average Bonchev–Trinajstić information content (AvgIpc) is 3.28. The van der Waals surface area contributed by atoms with Crippen LogP contribution < -0.4 is 5.10 Å². The molecule has 8 heteroatoms. The third-order valence-corrected chi connectivity index (χ3v) is 3.69. The van der Waals surface area contributed by atoms with Crippen molar-refractivity contribution in [2.45, 2.75) is 13.5 Å². The molecule has 0 unspecified atom stereocenters. The first-order chi connectivity index (χ1) is 11.8. The molecule has 8 nitrogen and oxygen atoms in total. The molecule has 2 heterocycles. The molecule has 4 rings (SSSR count). The fourth-order valence-electron chi connectivity index (χ4n) is 2.42. The van der Waals surface area contributed by atoms with E-state index in [2.05, 4.69) is 36.0 Å². The van der Waals surface area contributed by atoms with Crippen LogP contribution in [0.4, 0.5) is 0 Å². The van der Waals surface area contributed by atoms with E-state index in [0.717, 1.165) is 22.3 Å². The van der Waals surface area contributed by atoms with Crippen LogP contribution in [0.1, 0.15) is 11.1 Å². The Morgan fingerprint density at radius 3 is 2.58 bits per heavy atom. The number of hydrogen-bond donors (Lipinski definition) is 0. The van der Waals surface area contributed by atoms with Crippen LogP contribution >= 0.6 is 0 Å². The van der Waals surface area contributed by atoms with E-state index < -0.39 is 0 Å². The van der Waals surface area contributed by atoms with E-state index in [0.29, 0.717) is 18.2 Å². The van der Waals surface area contributed by atoms with Gasteiger partial charge in [0.15, 0.2) is 0 Å². The first-order valence-electron chi connectivity index (χ1n) is 7.41. The van der Waals surface area contributed by atoms with Crippen LogP contribution in [0.25, 0.3) is 22.8 Å². The molecule has 118 valence electrons. The molecule has 0 spiro atoms. The molecule has 0 N–H and O–H groups in total. The lowest BCUT2D eigenvalue weighted by molar-refractivity contribution is 0.573. The second-order valence-electron chi connectivity index (χ2n) is 5.36. The molecule has 0 amide bonds. The molecule has 2 aromatic carbocycles. The SMILES string of the molecule is Cc1ccccc1-c1nnn(Cc2ccc(-c3nnn[n-]3)cc2)n1. The highest BCUT2D eigenvalue weighted by Crippen LogP contribution is 2.18. The van der Waals surface area contributed by atoms with Crippen LogP contribution in [-0.4, -0.2) is 35.7 Å². The normalized spacial score (nSPS) is 10.9. The highest BCUT2D eigenvalue weighted by molar-refractivity contribution is 5.58. The van der Waals surface area contributed by atoms with E-state index in [9.17, 15) is 0 Å². The van der Waals surface area contributed by atoms with Crippen molar-refractivity contribution in [3.05, 3.63) is 59.7 Å². The molecule has 0 fully saturated rings. The fourth-order valence-corrected chi connectivity index (χ4v) is 2.42. The maximum absolute atomic E-state index is 4.46. The fraction of sp³-hybridized carbons (Fsp3) is 0.125. The van der Waals surface area contributed by atoms with Crippen LogP contribution in [0, 0.1) is 6.92 Å². The Kier molecular flexibility index (Phi) is 3.54. The zero-order valence-corrected chi connectivity index (χ0v) is 12.9. The van der Waals surface area contributed by atoms with Gasteiger partial charge >= 0.3 is 0 Å². The molecular formula is C16H13N8-. The van der Waals surface area contributed by atoms with Crippen molar-refractivity contribution in [1.82, 2.24) is 40.8 Å². The van der Waals surface area contributed by atoms with E-state index >= 15 is 0 Å². The third kappa shape index (κ3) is 2.76. The van der Waals surface area contributed by atoms with Crippen molar-refractivity contribution in [3.8, 4) is 22.8 Å². The summed E-state index contributed by atoms with van der Waals surface area (Å²) in [4.78, 5) is 1.58. The molecule has 0 atom stereocenters. The highest BCUT2D eigenvalue weighted by Gasteiger charge is 2.08. The summed E-state index contributed by atoms with van der Waals surface area (Å²) >= 11 is 0. The minimum absolute atomic E-state index is 0.516. The summed E-state index contributed by atoms with van der Waals surface area (Å²) in [6, 6.07) is 15.8. The Bertz CT molecular complexity index is 940. The highest BCUT2D eigenvalue weighted by atomic mass is 15.6. The van der Waals surface area contributed by atoms with Gasteiger partial charge in [0.1, 0.15) is 0 Å². The van der Waals surface area contributed by atoms with Crippen LogP contribution in [0.2, 0.25) is 0 Å². The van der Waals surface area contributed by atoms with E-state index in [4.69, 9.17) is 0 Å². The Labute approximate surface area is 137 Å². The number of tetrazole rings is 2. The number of nitrogens with zero attached hydrogens (tertiary/aromatic N) is 8. The number of benzene rings is 2. The van der Waals surface area contributed by atoms with Gasteiger partial charge in [0, 0.05) is 11.4 Å². The van der Waals surface area contributed by atoms with Crippen LogP contribution in [0.15, 0.2) is 48.5 Å². The predicted octanol–water partition coefficient (Wildman–Crippen LogP) is 1.51. The van der Waals surface area contributed by atoms with Crippen LogP contribution in [0.3, 0.4) is 0 Å². The number of aryl methyl sites for hydroxylation is 1. The lowest BCUT2D eigenvalue weighted by atomic mass is 10.1. The van der Waals surface area contributed by atoms with Gasteiger partial charge in [-0.1, -0.05) is 48.5 Å². The summed E-state index contributed by atoms with van der Waals surface area (Å²) in [7, 11) is 0. The zero-order chi connectivity index (χ0) is 16.4. The molecule has 0 aliphatic rings. The van der Waals surface area contributed by atoms with Crippen molar-refractivity contribution in [2.75, 3.05) is 0 Å².